The summed E-state index contributed by atoms with van der Waals surface area (Å²) in [5.41, 5.74) is 1.67. The predicted octanol–water partition coefficient (Wildman–Crippen LogP) is 3.90. The molecule has 0 aliphatic rings. The molecular formula is C17H29NO. The second kappa shape index (κ2) is 7.54. The van der Waals surface area contributed by atoms with Gasteiger partial charge in [-0.1, -0.05) is 39.8 Å². The zero-order chi connectivity index (χ0) is 14.3. The van der Waals surface area contributed by atoms with Crippen LogP contribution in [0.4, 0.5) is 0 Å². The van der Waals surface area contributed by atoms with Crippen LogP contribution in [-0.4, -0.2) is 20.2 Å². The molecule has 0 heterocycles. The minimum atomic E-state index is 0.316. The molecule has 0 unspecified atom stereocenters. The van der Waals surface area contributed by atoms with E-state index in [4.69, 9.17) is 4.74 Å². The molecule has 2 nitrogen and oxygen atoms in total. The molecule has 2 heteroatoms. The SMILES string of the molecule is COc1cccc(CC(C)(C)CCNCC(C)C)c1. The first-order valence-corrected chi connectivity index (χ1v) is 7.26. The lowest BCUT2D eigenvalue weighted by molar-refractivity contribution is 0.321. The number of nitrogens with one attached hydrogen (secondary N) is 1. The van der Waals surface area contributed by atoms with E-state index in [0.717, 1.165) is 31.2 Å². The highest BCUT2D eigenvalue weighted by Crippen LogP contribution is 2.27. The maximum atomic E-state index is 5.28. The quantitative estimate of drug-likeness (QED) is 0.718. The van der Waals surface area contributed by atoms with Crippen molar-refractivity contribution in [3.05, 3.63) is 29.8 Å². The van der Waals surface area contributed by atoms with Crippen molar-refractivity contribution < 1.29 is 4.74 Å². The highest BCUT2D eigenvalue weighted by Gasteiger charge is 2.18. The van der Waals surface area contributed by atoms with Crippen LogP contribution in [0.5, 0.6) is 5.75 Å². The standard InChI is InChI=1S/C17H29NO/c1-14(2)13-18-10-9-17(3,4)12-15-7-6-8-16(11-15)19-5/h6-8,11,14,18H,9-10,12-13H2,1-5H3. The van der Waals surface area contributed by atoms with Crippen molar-refractivity contribution in [3.63, 3.8) is 0 Å². The third-order valence-electron chi connectivity index (χ3n) is 3.35. The Balaban J connectivity index is 2.44. The average molecular weight is 263 g/mol. The first-order valence-electron chi connectivity index (χ1n) is 7.26. The molecule has 1 N–H and O–H groups in total. The lowest BCUT2D eigenvalue weighted by Gasteiger charge is -2.25. The van der Waals surface area contributed by atoms with Crippen LogP contribution in [-0.2, 0) is 6.42 Å². The first-order chi connectivity index (χ1) is 8.93. The molecule has 19 heavy (non-hydrogen) atoms. The van der Waals surface area contributed by atoms with Crippen molar-refractivity contribution in [1.29, 1.82) is 0 Å². The fourth-order valence-corrected chi connectivity index (χ4v) is 2.24. The molecule has 0 amide bonds. The molecule has 1 aromatic carbocycles. The highest BCUT2D eigenvalue weighted by molar-refractivity contribution is 5.29. The Morgan fingerprint density at radius 3 is 2.63 bits per heavy atom. The van der Waals surface area contributed by atoms with Gasteiger partial charge in [0.1, 0.15) is 5.75 Å². The molecular weight excluding hydrogens is 234 g/mol. The van der Waals surface area contributed by atoms with Crippen LogP contribution >= 0.6 is 0 Å². The third-order valence-corrected chi connectivity index (χ3v) is 3.35. The van der Waals surface area contributed by atoms with Gasteiger partial charge in [0.15, 0.2) is 0 Å². The van der Waals surface area contributed by atoms with Gasteiger partial charge in [0.2, 0.25) is 0 Å². The van der Waals surface area contributed by atoms with Gasteiger partial charge in [0.05, 0.1) is 7.11 Å². The normalized spacial score (nSPS) is 11.9. The Morgan fingerprint density at radius 2 is 2.00 bits per heavy atom. The van der Waals surface area contributed by atoms with E-state index >= 15 is 0 Å². The summed E-state index contributed by atoms with van der Waals surface area (Å²) >= 11 is 0. The average Bonchev–Trinajstić information content (AvgIpc) is 2.34. The van der Waals surface area contributed by atoms with Crippen LogP contribution in [0.3, 0.4) is 0 Å². The molecule has 0 saturated heterocycles. The number of benzene rings is 1. The summed E-state index contributed by atoms with van der Waals surface area (Å²) in [6.07, 6.45) is 2.28. The van der Waals surface area contributed by atoms with Gasteiger partial charge in [-0.2, -0.15) is 0 Å². The summed E-state index contributed by atoms with van der Waals surface area (Å²) in [6.45, 7) is 11.4. The van der Waals surface area contributed by atoms with Crippen LogP contribution in [0, 0.1) is 11.3 Å². The molecule has 1 rings (SSSR count). The lowest BCUT2D eigenvalue weighted by atomic mass is 9.82. The summed E-state index contributed by atoms with van der Waals surface area (Å²) in [6, 6.07) is 8.40. The van der Waals surface area contributed by atoms with Gasteiger partial charge in [0.25, 0.3) is 0 Å². The van der Waals surface area contributed by atoms with Crippen LogP contribution in [0.2, 0.25) is 0 Å². The minimum absolute atomic E-state index is 0.316. The van der Waals surface area contributed by atoms with E-state index < -0.39 is 0 Å². The van der Waals surface area contributed by atoms with E-state index in [1.54, 1.807) is 7.11 Å². The number of hydrogen-bond acceptors (Lipinski definition) is 2. The monoisotopic (exact) mass is 263 g/mol. The van der Waals surface area contributed by atoms with Crippen molar-refractivity contribution >= 4 is 0 Å². The molecule has 0 bridgehead atoms. The van der Waals surface area contributed by atoms with E-state index in [0.29, 0.717) is 5.41 Å². The zero-order valence-corrected chi connectivity index (χ0v) is 13.1. The molecule has 0 aliphatic heterocycles. The first kappa shape index (κ1) is 16.0. The predicted molar refractivity (Wildman–Crippen MR) is 82.8 cm³/mol. The summed E-state index contributed by atoms with van der Waals surface area (Å²) < 4.78 is 5.28. The van der Waals surface area contributed by atoms with Gasteiger partial charge in [0, 0.05) is 0 Å². The van der Waals surface area contributed by atoms with E-state index in [1.807, 2.05) is 6.07 Å². The third kappa shape index (κ3) is 6.63. The number of methoxy groups -OCH3 is 1. The molecule has 0 saturated carbocycles. The number of hydrogen-bond donors (Lipinski definition) is 1. The molecule has 108 valence electrons. The van der Waals surface area contributed by atoms with Crippen molar-refractivity contribution in [2.75, 3.05) is 20.2 Å². The lowest BCUT2D eigenvalue weighted by Crippen LogP contribution is -2.26. The Bertz CT molecular complexity index is 371. The van der Waals surface area contributed by atoms with Gasteiger partial charge in [-0.3, -0.25) is 0 Å². The van der Waals surface area contributed by atoms with Gasteiger partial charge < -0.3 is 10.1 Å². The summed E-state index contributed by atoms with van der Waals surface area (Å²) in [5, 5.41) is 3.52. The van der Waals surface area contributed by atoms with E-state index in [1.165, 1.54) is 12.0 Å². The van der Waals surface area contributed by atoms with Crippen molar-refractivity contribution in [3.8, 4) is 5.75 Å². The van der Waals surface area contributed by atoms with Crippen LogP contribution < -0.4 is 10.1 Å². The smallest absolute Gasteiger partial charge is 0.119 e. The number of ether oxygens (including phenoxy) is 1. The largest absolute Gasteiger partial charge is 0.497 e. The second-order valence-corrected chi connectivity index (χ2v) is 6.54. The van der Waals surface area contributed by atoms with E-state index in [9.17, 15) is 0 Å². The molecule has 1 aromatic rings. The molecule has 0 radical (unpaired) electrons. The zero-order valence-electron chi connectivity index (χ0n) is 13.1. The topological polar surface area (TPSA) is 21.3 Å². The fraction of sp³-hybridized carbons (Fsp3) is 0.647. The van der Waals surface area contributed by atoms with Crippen LogP contribution in [0.25, 0.3) is 0 Å². The molecule has 0 aromatic heterocycles. The minimum Gasteiger partial charge on any atom is -0.497 e. The molecule has 0 aliphatic carbocycles. The van der Waals surface area contributed by atoms with Crippen LogP contribution in [0.15, 0.2) is 24.3 Å². The van der Waals surface area contributed by atoms with Gasteiger partial charge in [-0.25, -0.2) is 0 Å². The van der Waals surface area contributed by atoms with Crippen molar-refractivity contribution in [2.45, 2.75) is 40.5 Å². The Labute approximate surface area is 118 Å². The van der Waals surface area contributed by atoms with Crippen molar-refractivity contribution in [2.24, 2.45) is 11.3 Å². The Hall–Kier alpha value is -1.02. The Kier molecular flexibility index (Phi) is 6.36. The van der Waals surface area contributed by atoms with E-state index in [2.05, 4.69) is 51.2 Å². The van der Waals surface area contributed by atoms with Gasteiger partial charge in [-0.15, -0.1) is 0 Å². The van der Waals surface area contributed by atoms with Crippen LogP contribution in [0.1, 0.15) is 39.7 Å². The van der Waals surface area contributed by atoms with Gasteiger partial charge in [-0.05, 0) is 55.0 Å². The maximum absolute atomic E-state index is 5.28. The van der Waals surface area contributed by atoms with Crippen molar-refractivity contribution in [1.82, 2.24) is 5.32 Å². The summed E-state index contributed by atoms with van der Waals surface area (Å²) in [7, 11) is 1.72. The summed E-state index contributed by atoms with van der Waals surface area (Å²) in [5.74, 6) is 1.67. The molecule has 0 spiro atoms. The van der Waals surface area contributed by atoms with Gasteiger partial charge >= 0.3 is 0 Å². The second-order valence-electron chi connectivity index (χ2n) is 6.54. The maximum Gasteiger partial charge on any atom is 0.119 e. The van der Waals surface area contributed by atoms with E-state index in [-0.39, 0.29) is 0 Å². The molecule has 0 atom stereocenters. The summed E-state index contributed by atoms with van der Waals surface area (Å²) in [4.78, 5) is 0. The number of rotatable bonds is 8. The Morgan fingerprint density at radius 1 is 1.26 bits per heavy atom. The fourth-order valence-electron chi connectivity index (χ4n) is 2.24. The highest BCUT2D eigenvalue weighted by atomic mass is 16.5. The molecule has 0 fully saturated rings.